The normalized spacial score (nSPS) is 16.3. The zero-order valence-electron chi connectivity index (χ0n) is 23.8. The van der Waals surface area contributed by atoms with Crippen molar-refractivity contribution < 1.29 is 27.6 Å². The Hall–Kier alpha value is -4.05. The van der Waals surface area contributed by atoms with Gasteiger partial charge in [-0.3, -0.25) is 9.59 Å². The lowest BCUT2D eigenvalue weighted by atomic mass is 9.86. The van der Waals surface area contributed by atoms with Gasteiger partial charge in [0.05, 0.1) is 50.2 Å². The van der Waals surface area contributed by atoms with E-state index in [9.17, 15) is 18.4 Å². The molecule has 4 rings (SSSR count). The van der Waals surface area contributed by atoms with Gasteiger partial charge in [0, 0.05) is 36.9 Å². The molecule has 0 atom stereocenters. The van der Waals surface area contributed by atoms with E-state index in [2.05, 4.69) is 42.1 Å². The zero-order chi connectivity index (χ0) is 30.6. The summed E-state index contributed by atoms with van der Waals surface area (Å²) in [5.41, 5.74) is 0.625. The molecule has 42 heavy (non-hydrogen) atoms. The Morgan fingerprint density at radius 3 is 2.55 bits per heavy atom. The maximum atomic E-state index is 14.7. The van der Waals surface area contributed by atoms with E-state index in [1.54, 1.807) is 12.1 Å². The molecule has 2 amide bonds. The van der Waals surface area contributed by atoms with Gasteiger partial charge >= 0.3 is 0 Å². The van der Waals surface area contributed by atoms with Crippen molar-refractivity contribution in [2.24, 2.45) is 7.05 Å². The second-order valence-corrected chi connectivity index (χ2v) is 11.6. The Morgan fingerprint density at radius 1 is 1.14 bits per heavy atom. The van der Waals surface area contributed by atoms with E-state index in [4.69, 9.17) is 21.6 Å². The highest BCUT2D eigenvalue weighted by molar-refractivity contribution is 6.34. The second-order valence-electron chi connectivity index (χ2n) is 11.2. The van der Waals surface area contributed by atoms with Gasteiger partial charge in [0.25, 0.3) is 11.8 Å². The number of nitriles is 1. The van der Waals surface area contributed by atoms with Crippen LogP contribution < -0.4 is 20.7 Å². The van der Waals surface area contributed by atoms with Crippen LogP contribution >= 0.6 is 11.6 Å². The molecule has 0 bridgehead atoms. The lowest BCUT2D eigenvalue weighted by molar-refractivity contribution is -0.869. The summed E-state index contributed by atoms with van der Waals surface area (Å²) >= 11 is 6.38. The third kappa shape index (κ3) is 7.23. The van der Waals surface area contributed by atoms with E-state index in [0.29, 0.717) is 11.7 Å². The number of anilines is 1. The quantitative estimate of drug-likeness (QED) is 0.289. The molecule has 1 aliphatic carbocycles. The predicted molar refractivity (Wildman–Crippen MR) is 154 cm³/mol. The van der Waals surface area contributed by atoms with Gasteiger partial charge in [-0.1, -0.05) is 11.6 Å². The molecule has 0 radical (unpaired) electrons. The van der Waals surface area contributed by atoms with Gasteiger partial charge in [-0.15, -0.1) is 0 Å². The van der Waals surface area contributed by atoms with Crippen LogP contribution in [0, 0.1) is 23.0 Å². The van der Waals surface area contributed by atoms with E-state index in [1.807, 2.05) is 0 Å². The van der Waals surface area contributed by atoms with Crippen molar-refractivity contribution in [3.05, 3.63) is 64.6 Å². The molecule has 0 spiro atoms. The fourth-order valence-electron chi connectivity index (χ4n) is 4.56. The summed E-state index contributed by atoms with van der Waals surface area (Å²) in [7, 11) is 7.92. The number of rotatable bonds is 11. The van der Waals surface area contributed by atoms with Crippen molar-refractivity contribution in [2.45, 2.75) is 24.9 Å². The SMILES string of the molecule is Cn1c(-c2ccc(OCC#N)c(F)c2F)cnc1C(=O)Nc1ccc(C(=O)NC2CC(NCC[N+](C)(C)C)C2)c(Cl)c1. The van der Waals surface area contributed by atoms with Crippen molar-refractivity contribution in [3.63, 3.8) is 0 Å². The highest BCUT2D eigenvalue weighted by Crippen LogP contribution is 2.30. The minimum atomic E-state index is -1.25. The average Bonchev–Trinajstić information content (AvgIpc) is 3.28. The number of amides is 2. The molecular weight excluding hydrogens is 568 g/mol. The number of imidazole rings is 1. The fourth-order valence-corrected chi connectivity index (χ4v) is 4.82. The van der Waals surface area contributed by atoms with Crippen LogP contribution in [0.5, 0.6) is 5.75 Å². The van der Waals surface area contributed by atoms with Crippen molar-refractivity contribution >= 4 is 29.1 Å². The molecule has 0 unspecified atom stereocenters. The van der Waals surface area contributed by atoms with E-state index in [-0.39, 0.29) is 39.6 Å². The fraction of sp³-hybridized carbons (Fsp3) is 0.379. The van der Waals surface area contributed by atoms with Crippen LogP contribution in [0.25, 0.3) is 11.3 Å². The average molecular weight is 601 g/mol. The monoisotopic (exact) mass is 600 g/mol. The first-order valence-corrected chi connectivity index (χ1v) is 13.7. The van der Waals surface area contributed by atoms with Crippen LogP contribution in [0.1, 0.15) is 33.8 Å². The first-order valence-electron chi connectivity index (χ1n) is 13.3. The van der Waals surface area contributed by atoms with Crippen LogP contribution in [0.4, 0.5) is 14.5 Å². The third-order valence-electron chi connectivity index (χ3n) is 6.97. The first-order chi connectivity index (χ1) is 19.9. The minimum absolute atomic E-state index is 0.0618. The van der Waals surface area contributed by atoms with Gasteiger partial charge in [0.2, 0.25) is 5.82 Å². The maximum Gasteiger partial charge on any atom is 0.291 e. The molecule has 1 aromatic heterocycles. The van der Waals surface area contributed by atoms with Crippen LogP contribution in [0.2, 0.25) is 5.02 Å². The Kier molecular flexibility index (Phi) is 9.46. The topological polar surface area (TPSA) is 121 Å². The van der Waals surface area contributed by atoms with Gasteiger partial charge in [-0.25, -0.2) is 9.37 Å². The number of likely N-dealkylation sites (N-methyl/N-ethyl adjacent to an activating group) is 1. The van der Waals surface area contributed by atoms with Gasteiger partial charge in [-0.05, 0) is 43.2 Å². The third-order valence-corrected chi connectivity index (χ3v) is 7.28. The number of ether oxygens (including phenoxy) is 1. The Labute approximate surface area is 247 Å². The van der Waals surface area contributed by atoms with Crippen LogP contribution in [0.15, 0.2) is 36.5 Å². The van der Waals surface area contributed by atoms with Crippen molar-refractivity contribution in [1.29, 1.82) is 5.26 Å². The van der Waals surface area contributed by atoms with E-state index >= 15 is 0 Å². The molecule has 222 valence electrons. The number of hydrogen-bond acceptors (Lipinski definition) is 6. The molecule has 3 N–H and O–H groups in total. The molecular formula is C29H33ClF2N7O3+. The number of nitrogens with zero attached hydrogens (tertiary/aromatic N) is 4. The van der Waals surface area contributed by atoms with Crippen molar-refractivity contribution in [3.8, 4) is 23.1 Å². The highest BCUT2D eigenvalue weighted by atomic mass is 35.5. The zero-order valence-corrected chi connectivity index (χ0v) is 24.6. The van der Waals surface area contributed by atoms with Crippen molar-refractivity contribution in [2.75, 3.05) is 46.2 Å². The number of nitrogens with one attached hydrogen (secondary N) is 3. The summed E-state index contributed by atoms with van der Waals surface area (Å²) < 4.78 is 36.2. The number of benzene rings is 2. The Balaban J connectivity index is 1.35. The summed E-state index contributed by atoms with van der Waals surface area (Å²) in [6, 6.07) is 9.14. The molecule has 0 saturated heterocycles. The minimum Gasteiger partial charge on any atom is -0.476 e. The molecule has 3 aromatic rings. The Morgan fingerprint density at radius 2 is 1.88 bits per heavy atom. The number of quaternary nitrogens is 1. The molecule has 1 fully saturated rings. The number of halogens is 3. The summed E-state index contributed by atoms with van der Waals surface area (Å²) in [4.78, 5) is 29.8. The van der Waals surface area contributed by atoms with E-state index < -0.39 is 29.9 Å². The molecule has 1 aliphatic rings. The lowest BCUT2D eigenvalue weighted by Crippen LogP contribution is -2.54. The number of carbonyl (C=O) groups excluding carboxylic acids is 2. The van der Waals surface area contributed by atoms with Crippen LogP contribution in [0.3, 0.4) is 0 Å². The standard InChI is InChI=1S/C29H32ClF2N7O3/c1-38-23(21-7-8-24(42-12-9-33)26(32)25(21)31)16-35-27(38)29(41)36-17-5-6-20(22(30)15-17)28(40)37-19-13-18(14-19)34-10-11-39(2,3)4/h5-8,15-16,18-19,34H,10-14H2,1-4H3,(H-,36,37,40,41)/p+1. The van der Waals surface area contributed by atoms with Gasteiger partial charge in [0.15, 0.2) is 24.0 Å². The number of hydrogen-bond donors (Lipinski definition) is 3. The summed E-state index contributed by atoms with van der Waals surface area (Å²) in [5.74, 6) is -3.83. The van der Waals surface area contributed by atoms with Crippen LogP contribution in [-0.4, -0.2) is 78.8 Å². The predicted octanol–water partition coefficient (Wildman–Crippen LogP) is 3.73. The largest absolute Gasteiger partial charge is 0.476 e. The van der Waals surface area contributed by atoms with Gasteiger partial charge < -0.3 is 29.7 Å². The second kappa shape index (κ2) is 12.9. The van der Waals surface area contributed by atoms with Crippen molar-refractivity contribution in [1.82, 2.24) is 20.2 Å². The molecule has 1 saturated carbocycles. The molecule has 0 aliphatic heterocycles. The highest BCUT2D eigenvalue weighted by Gasteiger charge is 2.31. The molecule has 1 heterocycles. The summed E-state index contributed by atoms with van der Waals surface area (Å²) in [6.45, 7) is 1.49. The maximum absolute atomic E-state index is 14.7. The van der Waals surface area contributed by atoms with Gasteiger partial charge in [0.1, 0.15) is 6.07 Å². The lowest BCUT2D eigenvalue weighted by Gasteiger charge is -2.37. The Bertz CT molecular complexity index is 1520. The molecule has 2 aromatic carbocycles. The van der Waals surface area contributed by atoms with E-state index in [1.165, 1.54) is 42.1 Å². The smallest absolute Gasteiger partial charge is 0.291 e. The van der Waals surface area contributed by atoms with E-state index in [0.717, 1.165) is 30.4 Å². The first kappa shape index (κ1) is 30.9. The summed E-state index contributed by atoms with van der Waals surface area (Å²) in [5, 5.41) is 17.9. The number of carbonyl (C=O) groups is 2. The van der Waals surface area contributed by atoms with Gasteiger partial charge in [-0.2, -0.15) is 9.65 Å². The molecule has 10 nitrogen and oxygen atoms in total. The van der Waals surface area contributed by atoms with Crippen LogP contribution in [-0.2, 0) is 7.05 Å². The number of aromatic nitrogens is 2. The summed E-state index contributed by atoms with van der Waals surface area (Å²) in [6.07, 6.45) is 2.93. The molecule has 13 heteroatoms.